The Hall–Kier alpha value is -1.55. The maximum Gasteiger partial charge on any atom is 0.315 e. The van der Waals surface area contributed by atoms with Gasteiger partial charge < -0.3 is 15.7 Å². The first-order valence-corrected chi connectivity index (χ1v) is 7.33. The molecular weight excluding hydrogens is 252 g/mol. The molecule has 0 spiro atoms. The van der Waals surface area contributed by atoms with Gasteiger partial charge in [0.1, 0.15) is 0 Å². The van der Waals surface area contributed by atoms with E-state index in [4.69, 9.17) is 5.11 Å². The highest BCUT2D eigenvalue weighted by Crippen LogP contribution is 2.43. The highest BCUT2D eigenvalue weighted by atomic mass is 16.3. The third-order valence-electron chi connectivity index (χ3n) is 4.11. The molecule has 0 bridgehead atoms. The van der Waals surface area contributed by atoms with Crippen LogP contribution in [0.15, 0.2) is 30.3 Å². The molecule has 4 nitrogen and oxygen atoms in total. The lowest BCUT2D eigenvalue weighted by Crippen LogP contribution is -2.49. The monoisotopic (exact) mass is 276 g/mol. The number of carbonyl (C=O) groups is 1. The van der Waals surface area contributed by atoms with Crippen LogP contribution in [0, 0.1) is 5.41 Å². The van der Waals surface area contributed by atoms with Gasteiger partial charge in [-0.1, -0.05) is 36.8 Å². The predicted molar refractivity (Wildman–Crippen MR) is 79.5 cm³/mol. The molecule has 1 saturated carbocycles. The Morgan fingerprint density at radius 2 is 2.05 bits per heavy atom. The zero-order chi connectivity index (χ0) is 14.4. The van der Waals surface area contributed by atoms with Crippen LogP contribution >= 0.6 is 0 Å². The van der Waals surface area contributed by atoms with Crippen LogP contribution in [-0.2, 0) is 6.42 Å². The standard InChI is InChI=1S/C16H24N2O2/c1-13(11-19)18-15(20)17-12-16(8-5-9-16)10-14-6-3-2-4-7-14/h2-4,6-7,13,19H,5,8-12H2,1H3,(H2,17,18,20)/t13-/m0/s1. The third-order valence-corrected chi connectivity index (χ3v) is 4.11. The first kappa shape index (κ1) is 14.9. The molecule has 4 heteroatoms. The van der Waals surface area contributed by atoms with E-state index in [2.05, 4.69) is 34.9 Å². The Balaban J connectivity index is 1.84. The molecule has 1 atom stereocenters. The molecule has 1 fully saturated rings. The van der Waals surface area contributed by atoms with Crippen molar-refractivity contribution >= 4 is 6.03 Å². The quantitative estimate of drug-likeness (QED) is 0.745. The van der Waals surface area contributed by atoms with Crippen molar-refractivity contribution in [3.05, 3.63) is 35.9 Å². The number of rotatable bonds is 6. The zero-order valence-electron chi connectivity index (χ0n) is 12.1. The summed E-state index contributed by atoms with van der Waals surface area (Å²) < 4.78 is 0. The molecule has 0 heterocycles. The number of benzene rings is 1. The van der Waals surface area contributed by atoms with Gasteiger partial charge in [0.2, 0.25) is 0 Å². The Labute approximate surface area is 120 Å². The molecule has 0 aromatic heterocycles. The average Bonchev–Trinajstić information content (AvgIpc) is 2.42. The lowest BCUT2D eigenvalue weighted by Gasteiger charge is -2.42. The summed E-state index contributed by atoms with van der Waals surface area (Å²) in [6.07, 6.45) is 4.59. The van der Waals surface area contributed by atoms with Crippen LogP contribution in [0.1, 0.15) is 31.7 Å². The Bertz CT molecular complexity index is 429. The SMILES string of the molecule is C[C@@H](CO)NC(=O)NCC1(Cc2ccccc2)CCC1. The van der Waals surface area contributed by atoms with E-state index in [1.165, 1.54) is 12.0 Å². The van der Waals surface area contributed by atoms with E-state index < -0.39 is 0 Å². The smallest absolute Gasteiger partial charge is 0.315 e. The summed E-state index contributed by atoms with van der Waals surface area (Å²) in [4.78, 5) is 11.7. The molecule has 110 valence electrons. The second-order valence-corrected chi connectivity index (χ2v) is 5.93. The minimum atomic E-state index is -0.207. The molecule has 2 rings (SSSR count). The van der Waals surface area contributed by atoms with Gasteiger partial charge in [-0.25, -0.2) is 4.79 Å². The average molecular weight is 276 g/mol. The molecule has 20 heavy (non-hydrogen) atoms. The molecular formula is C16H24N2O2. The van der Waals surface area contributed by atoms with Crippen molar-refractivity contribution in [1.82, 2.24) is 10.6 Å². The van der Waals surface area contributed by atoms with E-state index in [0.717, 1.165) is 19.3 Å². The van der Waals surface area contributed by atoms with Gasteiger partial charge >= 0.3 is 6.03 Å². The van der Waals surface area contributed by atoms with E-state index in [0.29, 0.717) is 6.54 Å². The number of amides is 2. The summed E-state index contributed by atoms with van der Waals surface area (Å²) >= 11 is 0. The van der Waals surface area contributed by atoms with Gasteiger partial charge in [0.25, 0.3) is 0 Å². The normalized spacial score (nSPS) is 17.9. The number of aliphatic hydroxyl groups is 1. The highest BCUT2D eigenvalue weighted by Gasteiger charge is 2.37. The number of carbonyl (C=O) groups excluding carboxylic acids is 1. The first-order chi connectivity index (χ1) is 9.63. The first-order valence-electron chi connectivity index (χ1n) is 7.33. The van der Waals surface area contributed by atoms with E-state index in [-0.39, 0.29) is 24.1 Å². The summed E-state index contributed by atoms with van der Waals surface area (Å²) in [5.41, 5.74) is 1.54. The minimum Gasteiger partial charge on any atom is -0.394 e. The van der Waals surface area contributed by atoms with Gasteiger partial charge in [-0.15, -0.1) is 0 Å². The third kappa shape index (κ3) is 3.97. The zero-order valence-corrected chi connectivity index (χ0v) is 12.1. The van der Waals surface area contributed by atoms with Crippen LogP contribution in [0.4, 0.5) is 4.79 Å². The van der Waals surface area contributed by atoms with Crippen molar-refractivity contribution < 1.29 is 9.90 Å². The molecule has 1 aromatic carbocycles. The lowest BCUT2D eigenvalue weighted by atomic mass is 9.65. The van der Waals surface area contributed by atoms with E-state index in [1.54, 1.807) is 6.92 Å². The van der Waals surface area contributed by atoms with Crippen molar-refractivity contribution in [2.24, 2.45) is 5.41 Å². The maximum absolute atomic E-state index is 11.7. The van der Waals surface area contributed by atoms with Gasteiger partial charge in [0.05, 0.1) is 12.6 Å². The number of aliphatic hydroxyl groups excluding tert-OH is 1. The molecule has 0 radical (unpaired) electrons. The summed E-state index contributed by atoms with van der Waals surface area (Å²) in [6.45, 7) is 2.44. The molecule has 1 aliphatic carbocycles. The van der Waals surface area contributed by atoms with Crippen molar-refractivity contribution in [1.29, 1.82) is 0 Å². The van der Waals surface area contributed by atoms with Gasteiger partial charge in [0, 0.05) is 6.54 Å². The Morgan fingerprint density at radius 1 is 1.35 bits per heavy atom. The van der Waals surface area contributed by atoms with Crippen LogP contribution < -0.4 is 10.6 Å². The van der Waals surface area contributed by atoms with Gasteiger partial charge in [-0.05, 0) is 37.2 Å². The maximum atomic E-state index is 11.7. The highest BCUT2D eigenvalue weighted by molar-refractivity contribution is 5.74. The van der Waals surface area contributed by atoms with E-state index in [9.17, 15) is 4.79 Å². The van der Waals surface area contributed by atoms with Crippen LogP contribution in [-0.4, -0.2) is 30.3 Å². The summed E-state index contributed by atoms with van der Waals surface area (Å²) in [7, 11) is 0. The van der Waals surface area contributed by atoms with Crippen molar-refractivity contribution in [2.45, 2.75) is 38.6 Å². The number of urea groups is 1. The number of nitrogens with one attached hydrogen (secondary N) is 2. The lowest BCUT2D eigenvalue weighted by molar-refractivity contribution is 0.131. The summed E-state index contributed by atoms with van der Waals surface area (Å²) in [5.74, 6) is 0. The molecule has 0 unspecified atom stereocenters. The minimum absolute atomic E-state index is 0.0391. The van der Waals surface area contributed by atoms with Crippen molar-refractivity contribution in [2.75, 3.05) is 13.2 Å². The number of hydrogen-bond donors (Lipinski definition) is 3. The van der Waals surface area contributed by atoms with Crippen molar-refractivity contribution in [3.63, 3.8) is 0 Å². The fraction of sp³-hybridized carbons (Fsp3) is 0.562. The molecule has 1 aromatic rings. The van der Waals surface area contributed by atoms with Gasteiger partial charge in [0.15, 0.2) is 0 Å². The van der Waals surface area contributed by atoms with Crippen molar-refractivity contribution in [3.8, 4) is 0 Å². The molecule has 0 saturated heterocycles. The number of hydrogen-bond acceptors (Lipinski definition) is 2. The fourth-order valence-corrected chi connectivity index (χ4v) is 2.71. The molecule has 3 N–H and O–H groups in total. The topological polar surface area (TPSA) is 61.4 Å². The Kier molecular flexibility index (Phi) is 5.01. The largest absolute Gasteiger partial charge is 0.394 e. The van der Waals surface area contributed by atoms with Gasteiger partial charge in [-0.3, -0.25) is 0 Å². The van der Waals surface area contributed by atoms with Crippen LogP contribution in [0.3, 0.4) is 0 Å². The van der Waals surface area contributed by atoms with E-state index in [1.807, 2.05) is 6.07 Å². The molecule has 0 aliphatic heterocycles. The Morgan fingerprint density at radius 3 is 2.60 bits per heavy atom. The van der Waals surface area contributed by atoms with Crippen LogP contribution in [0.2, 0.25) is 0 Å². The fourth-order valence-electron chi connectivity index (χ4n) is 2.71. The summed E-state index contributed by atoms with van der Waals surface area (Å²) in [5, 5.41) is 14.6. The molecule has 1 aliphatic rings. The molecule has 2 amide bonds. The second-order valence-electron chi connectivity index (χ2n) is 5.93. The van der Waals surface area contributed by atoms with E-state index >= 15 is 0 Å². The van der Waals surface area contributed by atoms with Gasteiger partial charge in [-0.2, -0.15) is 0 Å². The summed E-state index contributed by atoms with van der Waals surface area (Å²) in [6, 6.07) is 10.0. The predicted octanol–water partition coefficient (Wildman–Crippen LogP) is 2.08. The van der Waals surface area contributed by atoms with Crippen LogP contribution in [0.25, 0.3) is 0 Å². The van der Waals surface area contributed by atoms with Crippen LogP contribution in [0.5, 0.6) is 0 Å². The second kappa shape index (κ2) is 6.75.